The molecule has 1 N–H and O–H groups in total. The fourth-order valence-electron chi connectivity index (χ4n) is 3.47. The van der Waals surface area contributed by atoms with Crippen molar-refractivity contribution >= 4 is 18.2 Å². The van der Waals surface area contributed by atoms with Crippen LogP contribution in [0.4, 0.5) is 5.95 Å². The summed E-state index contributed by atoms with van der Waals surface area (Å²) >= 11 is 0. The van der Waals surface area contributed by atoms with Crippen LogP contribution in [0.15, 0.2) is 24.4 Å². The van der Waals surface area contributed by atoms with Crippen molar-refractivity contribution in [1.29, 1.82) is 0 Å². The maximum absolute atomic E-state index is 11.5. The highest BCUT2D eigenvalue weighted by molar-refractivity contribution is 5.94. The predicted molar refractivity (Wildman–Crippen MR) is 109 cm³/mol. The fourth-order valence-corrected chi connectivity index (χ4v) is 3.47. The van der Waals surface area contributed by atoms with Gasteiger partial charge in [0.1, 0.15) is 0 Å². The third kappa shape index (κ3) is 5.66. The molecule has 1 aliphatic heterocycles. The molecule has 29 heavy (non-hydrogen) atoms. The number of aryl methyl sites for hydroxylation is 1. The molecule has 1 aromatic carbocycles. The lowest BCUT2D eigenvalue weighted by atomic mass is 9.98. The third-order valence-electron chi connectivity index (χ3n) is 4.89. The number of carbonyl (C=O) groups is 2. The molecule has 8 heteroatoms. The van der Waals surface area contributed by atoms with Crippen LogP contribution in [0.3, 0.4) is 0 Å². The van der Waals surface area contributed by atoms with Crippen molar-refractivity contribution in [2.24, 2.45) is 5.92 Å². The van der Waals surface area contributed by atoms with Crippen LogP contribution in [0.25, 0.3) is 0 Å². The van der Waals surface area contributed by atoms with Crippen LogP contribution in [0, 0.1) is 12.8 Å². The number of anilines is 1. The van der Waals surface area contributed by atoms with E-state index in [-0.39, 0.29) is 12.3 Å². The molecule has 1 aromatic heterocycles. The summed E-state index contributed by atoms with van der Waals surface area (Å²) < 4.78 is 10.7. The largest absolute Gasteiger partial charge is 0.493 e. The van der Waals surface area contributed by atoms with E-state index in [0.29, 0.717) is 17.4 Å². The van der Waals surface area contributed by atoms with Gasteiger partial charge < -0.3 is 19.5 Å². The molecule has 0 aliphatic carbocycles. The average molecular weight is 401 g/mol. The van der Waals surface area contributed by atoms with Crippen molar-refractivity contribution in [3.8, 4) is 11.5 Å². The molecule has 0 radical (unpaired) electrons. The Morgan fingerprint density at radius 3 is 2.59 bits per heavy atom. The first-order chi connectivity index (χ1) is 13.9. The predicted octanol–water partition coefficient (Wildman–Crippen LogP) is 2.77. The van der Waals surface area contributed by atoms with Gasteiger partial charge in [-0.2, -0.15) is 0 Å². The van der Waals surface area contributed by atoms with E-state index in [2.05, 4.69) is 20.9 Å². The summed E-state index contributed by atoms with van der Waals surface area (Å²) in [5.74, 6) is 2.76. The number of nitrogens with zero attached hydrogens (tertiary/aromatic N) is 3. The average Bonchev–Trinajstić information content (AvgIpc) is 3.16. The summed E-state index contributed by atoms with van der Waals surface area (Å²) in [6.07, 6.45) is 3.70. The maximum Gasteiger partial charge on any atom is 0.290 e. The molecule has 0 spiro atoms. The molecule has 8 nitrogen and oxygen atoms in total. The highest BCUT2D eigenvalue weighted by Crippen LogP contribution is 2.30. The molecule has 156 valence electrons. The van der Waals surface area contributed by atoms with Crippen LogP contribution < -0.4 is 14.4 Å². The van der Waals surface area contributed by atoms with Crippen molar-refractivity contribution < 1.29 is 24.2 Å². The van der Waals surface area contributed by atoms with Gasteiger partial charge in [0.15, 0.2) is 17.3 Å². The molecule has 0 amide bonds. The smallest absolute Gasteiger partial charge is 0.290 e. The van der Waals surface area contributed by atoms with Crippen molar-refractivity contribution in [3.63, 3.8) is 0 Å². The van der Waals surface area contributed by atoms with Crippen LogP contribution in [0.1, 0.15) is 35.0 Å². The van der Waals surface area contributed by atoms with E-state index >= 15 is 0 Å². The number of hydrogen-bond donors (Lipinski definition) is 1. The normalized spacial score (nSPS) is 15.3. The molecule has 2 heterocycles. The Balaban J connectivity index is 0.000000941. The van der Waals surface area contributed by atoms with Crippen LogP contribution in [-0.2, 0) is 11.2 Å². The van der Waals surface area contributed by atoms with Gasteiger partial charge in [-0.15, -0.1) is 0 Å². The summed E-state index contributed by atoms with van der Waals surface area (Å²) in [4.78, 5) is 31.0. The van der Waals surface area contributed by atoms with Gasteiger partial charge in [0.2, 0.25) is 5.95 Å². The van der Waals surface area contributed by atoms with E-state index in [1.54, 1.807) is 27.3 Å². The number of aromatic nitrogens is 2. The van der Waals surface area contributed by atoms with Crippen LogP contribution in [-0.4, -0.2) is 54.6 Å². The Kier molecular flexibility index (Phi) is 7.94. The number of ketones is 1. The van der Waals surface area contributed by atoms with Gasteiger partial charge in [-0.25, -0.2) is 9.97 Å². The zero-order valence-electron chi connectivity index (χ0n) is 17.2. The Labute approximate surface area is 170 Å². The Hall–Kier alpha value is -3.16. The molecule has 2 aromatic rings. The highest BCUT2D eigenvalue weighted by atomic mass is 16.5. The number of methoxy groups -OCH3 is 2. The van der Waals surface area contributed by atoms with Crippen molar-refractivity contribution in [2.45, 2.75) is 26.7 Å². The van der Waals surface area contributed by atoms with E-state index in [1.165, 1.54) is 5.56 Å². The van der Waals surface area contributed by atoms with Gasteiger partial charge in [-0.3, -0.25) is 9.59 Å². The number of carboxylic acid groups (broad SMARTS) is 1. The number of rotatable bonds is 6. The first kappa shape index (κ1) is 22.1. The number of carbonyl (C=O) groups excluding carboxylic acids is 1. The third-order valence-corrected chi connectivity index (χ3v) is 4.89. The molecule has 1 atom stereocenters. The second-order valence-corrected chi connectivity index (χ2v) is 6.82. The van der Waals surface area contributed by atoms with E-state index < -0.39 is 0 Å². The van der Waals surface area contributed by atoms with Gasteiger partial charge in [-0.05, 0) is 50.3 Å². The number of benzene rings is 1. The zero-order chi connectivity index (χ0) is 21.4. The number of Topliss-reactive ketones (excluding diaryl/α,β-unsaturated/α-hetero) is 1. The molecule has 1 aliphatic rings. The van der Waals surface area contributed by atoms with E-state index in [4.69, 9.17) is 19.4 Å². The van der Waals surface area contributed by atoms with Gasteiger partial charge in [-0.1, -0.05) is 6.07 Å². The SMILES string of the molecule is COc1ccc(CC2CCN(c3ncc(C(C)=O)c(C)n3)C2)cc1OC.O=CO. The molecule has 1 saturated heterocycles. The van der Waals surface area contributed by atoms with Crippen molar-refractivity contribution in [1.82, 2.24) is 9.97 Å². The Bertz CT molecular complexity index is 856. The summed E-state index contributed by atoms with van der Waals surface area (Å²) in [7, 11) is 3.30. The summed E-state index contributed by atoms with van der Waals surface area (Å²) in [5.41, 5.74) is 2.57. The van der Waals surface area contributed by atoms with Gasteiger partial charge >= 0.3 is 0 Å². The van der Waals surface area contributed by atoms with E-state index in [1.807, 2.05) is 19.1 Å². The quantitative estimate of drug-likeness (QED) is 0.582. The van der Waals surface area contributed by atoms with Gasteiger partial charge in [0, 0.05) is 19.3 Å². The lowest BCUT2D eigenvalue weighted by Crippen LogP contribution is -2.23. The van der Waals surface area contributed by atoms with Crippen molar-refractivity contribution in [2.75, 3.05) is 32.2 Å². The Morgan fingerprint density at radius 2 is 2.00 bits per heavy atom. The molecule has 1 unspecified atom stereocenters. The minimum Gasteiger partial charge on any atom is -0.493 e. The lowest BCUT2D eigenvalue weighted by molar-refractivity contribution is -0.122. The lowest BCUT2D eigenvalue weighted by Gasteiger charge is -2.17. The molecule has 0 bridgehead atoms. The van der Waals surface area contributed by atoms with Gasteiger partial charge in [0.05, 0.1) is 25.5 Å². The van der Waals surface area contributed by atoms with E-state index in [0.717, 1.165) is 43.1 Å². The second kappa shape index (κ2) is 10.4. The number of ether oxygens (including phenoxy) is 2. The topological polar surface area (TPSA) is 102 Å². The number of hydrogen-bond acceptors (Lipinski definition) is 7. The molecular formula is C21H27N3O5. The van der Waals surface area contributed by atoms with E-state index in [9.17, 15) is 4.79 Å². The molecular weight excluding hydrogens is 374 g/mol. The first-order valence-electron chi connectivity index (χ1n) is 9.31. The van der Waals surface area contributed by atoms with Crippen LogP contribution >= 0.6 is 0 Å². The standard InChI is InChI=1S/C20H25N3O3.CH2O2/c1-13-17(14(2)24)11-21-20(22-13)23-8-7-16(12-23)9-15-5-6-18(25-3)19(10-15)26-4;2-1-3/h5-6,10-11,16H,7-9,12H2,1-4H3;1H,(H,2,3). The van der Waals surface area contributed by atoms with Crippen LogP contribution in [0.2, 0.25) is 0 Å². The second-order valence-electron chi connectivity index (χ2n) is 6.82. The Morgan fingerprint density at radius 1 is 1.31 bits per heavy atom. The molecule has 3 rings (SSSR count). The monoisotopic (exact) mass is 401 g/mol. The molecule has 1 fully saturated rings. The maximum atomic E-state index is 11.5. The van der Waals surface area contributed by atoms with Gasteiger partial charge in [0.25, 0.3) is 6.47 Å². The summed E-state index contributed by atoms with van der Waals surface area (Å²) in [5, 5.41) is 6.89. The summed E-state index contributed by atoms with van der Waals surface area (Å²) in [6, 6.07) is 6.09. The fraction of sp³-hybridized carbons (Fsp3) is 0.429. The summed E-state index contributed by atoms with van der Waals surface area (Å²) in [6.45, 7) is 4.99. The highest BCUT2D eigenvalue weighted by Gasteiger charge is 2.25. The minimum atomic E-state index is -0.250. The first-order valence-corrected chi connectivity index (χ1v) is 9.31. The van der Waals surface area contributed by atoms with Crippen LogP contribution in [0.5, 0.6) is 11.5 Å². The zero-order valence-corrected chi connectivity index (χ0v) is 17.2. The molecule has 0 saturated carbocycles. The minimum absolute atomic E-state index is 0.00167. The van der Waals surface area contributed by atoms with Crippen molar-refractivity contribution in [3.05, 3.63) is 41.2 Å².